The SMILES string of the molecule is O=C(CCCn1c(=O)oc2cc([N+](=O)[O-])ccc21)NCCc1cccc(Cl)c1. The molecule has 0 saturated carbocycles. The van der Waals surface area contributed by atoms with Gasteiger partial charge in [0.25, 0.3) is 5.69 Å². The minimum Gasteiger partial charge on any atom is -0.407 e. The third kappa shape index (κ3) is 4.77. The van der Waals surface area contributed by atoms with Gasteiger partial charge in [0.2, 0.25) is 5.91 Å². The topological polar surface area (TPSA) is 107 Å². The Morgan fingerprint density at radius 2 is 2.07 bits per heavy atom. The molecule has 3 aromatic rings. The number of rotatable bonds is 8. The molecule has 1 amide bonds. The fourth-order valence-corrected chi connectivity index (χ4v) is 3.12. The van der Waals surface area contributed by atoms with Gasteiger partial charge in [-0.15, -0.1) is 0 Å². The highest BCUT2D eigenvalue weighted by Gasteiger charge is 2.14. The van der Waals surface area contributed by atoms with E-state index in [2.05, 4.69) is 5.32 Å². The second-order valence-electron chi connectivity index (χ2n) is 6.26. The molecule has 0 unspecified atom stereocenters. The van der Waals surface area contributed by atoms with Crippen molar-refractivity contribution in [2.24, 2.45) is 0 Å². The Balaban J connectivity index is 1.50. The first-order valence-corrected chi connectivity index (χ1v) is 9.11. The fraction of sp³-hybridized carbons (Fsp3) is 0.263. The van der Waals surface area contributed by atoms with Crippen LogP contribution >= 0.6 is 11.6 Å². The number of carbonyl (C=O) groups is 1. The molecular weight excluding hydrogens is 386 g/mol. The first kappa shape index (κ1) is 19.6. The van der Waals surface area contributed by atoms with Crippen molar-refractivity contribution in [3.8, 4) is 0 Å². The van der Waals surface area contributed by atoms with Crippen molar-refractivity contribution in [2.45, 2.75) is 25.8 Å². The molecule has 0 bridgehead atoms. The van der Waals surface area contributed by atoms with Crippen molar-refractivity contribution in [2.75, 3.05) is 6.54 Å². The number of hydrogen-bond acceptors (Lipinski definition) is 5. The number of aromatic nitrogens is 1. The van der Waals surface area contributed by atoms with Crippen molar-refractivity contribution in [1.29, 1.82) is 0 Å². The van der Waals surface area contributed by atoms with Crippen LogP contribution in [0.3, 0.4) is 0 Å². The van der Waals surface area contributed by atoms with E-state index in [1.807, 2.05) is 18.2 Å². The van der Waals surface area contributed by atoms with Gasteiger partial charge in [0.1, 0.15) is 0 Å². The summed E-state index contributed by atoms with van der Waals surface area (Å²) in [5.41, 5.74) is 1.52. The van der Waals surface area contributed by atoms with E-state index >= 15 is 0 Å². The summed E-state index contributed by atoms with van der Waals surface area (Å²) in [5, 5.41) is 14.3. The van der Waals surface area contributed by atoms with E-state index in [0.717, 1.165) is 5.56 Å². The summed E-state index contributed by atoms with van der Waals surface area (Å²) >= 11 is 5.93. The molecule has 0 aliphatic heterocycles. The third-order valence-corrected chi connectivity index (χ3v) is 4.51. The Morgan fingerprint density at radius 3 is 2.82 bits per heavy atom. The molecule has 8 nitrogen and oxygen atoms in total. The number of halogens is 1. The van der Waals surface area contributed by atoms with E-state index in [9.17, 15) is 19.7 Å². The molecule has 1 aromatic heterocycles. The number of non-ortho nitro benzene ring substituents is 1. The van der Waals surface area contributed by atoms with Crippen molar-refractivity contribution >= 4 is 34.3 Å². The van der Waals surface area contributed by atoms with Crippen LogP contribution < -0.4 is 11.1 Å². The highest BCUT2D eigenvalue weighted by atomic mass is 35.5. The highest BCUT2D eigenvalue weighted by Crippen LogP contribution is 2.20. The number of hydrogen-bond donors (Lipinski definition) is 1. The molecular formula is C19H18ClN3O5. The van der Waals surface area contributed by atoms with Crippen LogP contribution in [-0.2, 0) is 17.8 Å². The lowest BCUT2D eigenvalue weighted by Crippen LogP contribution is -2.26. The van der Waals surface area contributed by atoms with Crippen LogP contribution in [-0.4, -0.2) is 21.9 Å². The van der Waals surface area contributed by atoms with Gasteiger partial charge >= 0.3 is 5.76 Å². The van der Waals surface area contributed by atoms with E-state index < -0.39 is 10.7 Å². The van der Waals surface area contributed by atoms with Crippen molar-refractivity contribution < 1.29 is 14.1 Å². The predicted octanol–water partition coefficient (Wildman–Crippen LogP) is 3.30. The van der Waals surface area contributed by atoms with Crippen LogP contribution in [0.25, 0.3) is 11.1 Å². The molecule has 0 aliphatic rings. The van der Waals surface area contributed by atoms with E-state index in [-0.39, 0.29) is 30.1 Å². The number of nitrogens with zero attached hydrogens (tertiary/aromatic N) is 2. The Hall–Kier alpha value is -3.13. The highest BCUT2D eigenvalue weighted by molar-refractivity contribution is 6.30. The second kappa shape index (κ2) is 8.71. The van der Waals surface area contributed by atoms with Crippen LogP contribution in [0, 0.1) is 10.1 Å². The van der Waals surface area contributed by atoms with Crippen molar-refractivity contribution in [3.05, 3.63) is 73.7 Å². The minimum absolute atomic E-state index is 0.112. The molecule has 0 fully saturated rings. The average Bonchev–Trinajstić information content (AvgIpc) is 2.96. The maximum absolute atomic E-state index is 12.0. The lowest BCUT2D eigenvalue weighted by molar-refractivity contribution is -0.384. The first-order chi connectivity index (χ1) is 13.4. The van der Waals surface area contributed by atoms with Crippen LogP contribution in [0.4, 0.5) is 5.69 Å². The quantitative estimate of drug-likeness (QED) is 0.458. The van der Waals surface area contributed by atoms with Gasteiger partial charge in [-0.2, -0.15) is 0 Å². The molecule has 0 radical (unpaired) electrons. The van der Waals surface area contributed by atoms with Crippen molar-refractivity contribution in [1.82, 2.24) is 9.88 Å². The molecule has 0 atom stereocenters. The molecule has 1 N–H and O–H groups in total. The van der Waals surface area contributed by atoms with Crippen LogP contribution in [0.5, 0.6) is 0 Å². The Morgan fingerprint density at radius 1 is 1.25 bits per heavy atom. The van der Waals surface area contributed by atoms with Gasteiger partial charge in [-0.05, 0) is 36.6 Å². The third-order valence-electron chi connectivity index (χ3n) is 4.27. The summed E-state index contributed by atoms with van der Waals surface area (Å²) in [5.74, 6) is -0.713. The Kier molecular flexibility index (Phi) is 6.10. The second-order valence-corrected chi connectivity index (χ2v) is 6.70. The first-order valence-electron chi connectivity index (χ1n) is 8.73. The molecule has 0 saturated heterocycles. The van der Waals surface area contributed by atoms with Gasteiger partial charge in [-0.1, -0.05) is 23.7 Å². The number of carbonyl (C=O) groups excluding carboxylic acids is 1. The van der Waals surface area contributed by atoms with Gasteiger partial charge in [-0.3, -0.25) is 19.5 Å². The lowest BCUT2D eigenvalue weighted by atomic mass is 10.1. The van der Waals surface area contributed by atoms with E-state index in [1.165, 1.54) is 22.8 Å². The fourth-order valence-electron chi connectivity index (χ4n) is 2.91. The molecule has 28 heavy (non-hydrogen) atoms. The molecule has 9 heteroatoms. The summed E-state index contributed by atoms with van der Waals surface area (Å²) in [4.78, 5) is 34.2. The molecule has 1 heterocycles. The number of fused-ring (bicyclic) bond motifs is 1. The van der Waals surface area contributed by atoms with E-state index in [1.54, 1.807) is 6.07 Å². The molecule has 3 rings (SSSR count). The normalized spacial score (nSPS) is 10.9. The number of oxazole rings is 1. The Labute approximate surface area is 164 Å². The number of nitrogens with one attached hydrogen (secondary N) is 1. The maximum atomic E-state index is 12.0. The monoisotopic (exact) mass is 403 g/mol. The number of aryl methyl sites for hydroxylation is 1. The minimum atomic E-state index is -0.600. The summed E-state index contributed by atoms with van der Waals surface area (Å²) in [6.07, 6.45) is 1.37. The number of nitro benzene ring substituents is 1. The number of amides is 1. The van der Waals surface area contributed by atoms with Gasteiger partial charge in [0.15, 0.2) is 5.58 Å². The standard InChI is InChI=1S/C19H18ClN3O5/c20-14-4-1-3-13(11-14)8-9-21-18(24)5-2-10-22-16-7-6-15(23(26)27)12-17(16)28-19(22)25/h1,3-4,6-7,11-12H,2,5,8-10H2,(H,21,24). The Bertz CT molecular complexity index is 1070. The zero-order valence-electron chi connectivity index (χ0n) is 14.9. The zero-order valence-corrected chi connectivity index (χ0v) is 15.6. The van der Waals surface area contributed by atoms with Gasteiger partial charge in [-0.25, -0.2) is 4.79 Å². The smallest absolute Gasteiger partial charge is 0.407 e. The number of nitro groups is 1. The van der Waals surface area contributed by atoms with Crippen LogP contribution in [0.2, 0.25) is 5.02 Å². The van der Waals surface area contributed by atoms with Gasteiger partial charge in [0, 0.05) is 30.6 Å². The van der Waals surface area contributed by atoms with Crippen molar-refractivity contribution in [3.63, 3.8) is 0 Å². The van der Waals surface area contributed by atoms with Crippen LogP contribution in [0.15, 0.2) is 51.7 Å². The largest absolute Gasteiger partial charge is 0.419 e. The average molecular weight is 404 g/mol. The van der Waals surface area contributed by atoms with Gasteiger partial charge < -0.3 is 9.73 Å². The molecule has 0 spiro atoms. The summed E-state index contributed by atoms with van der Waals surface area (Å²) in [6.45, 7) is 0.781. The maximum Gasteiger partial charge on any atom is 0.419 e. The molecule has 0 aliphatic carbocycles. The summed E-state index contributed by atoms with van der Waals surface area (Å²) < 4.78 is 6.44. The molecule has 2 aromatic carbocycles. The number of benzene rings is 2. The summed E-state index contributed by atoms with van der Waals surface area (Å²) in [7, 11) is 0. The lowest BCUT2D eigenvalue weighted by Gasteiger charge is -2.06. The van der Waals surface area contributed by atoms with Gasteiger partial charge in [0.05, 0.1) is 16.5 Å². The predicted molar refractivity (Wildman–Crippen MR) is 105 cm³/mol. The van der Waals surface area contributed by atoms with E-state index in [0.29, 0.717) is 29.9 Å². The molecule has 146 valence electrons. The van der Waals surface area contributed by atoms with Crippen LogP contribution in [0.1, 0.15) is 18.4 Å². The zero-order chi connectivity index (χ0) is 20.1. The summed E-state index contributed by atoms with van der Waals surface area (Å²) in [6, 6.07) is 11.5. The van der Waals surface area contributed by atoms with E-state index in [4.69, 9.17) is 16.0 Å².